The summed E-state index contributed by atoms with van der Waals surface area (Å²) >= 11 is 0. The van der Waals surface area contributed by atoms with Crippen molar-refractivity contribution in [2.45, 2.75) is 58.5 Å². The van der Waals surface area contributed by atoms with E-state index in [2.05, 4.69) is 63.8 Å². The quantitative estimate of drug-likeness (QED) is 0.186. The highest BCUT2D eigenvalue weighted by atomic mass is 19.3. The Morgan fingerprint density at radius 2 is 1.85 bits per heavy atom. The Morgan fingerprint density at radius 1 is 1.09 bits per heavy atom. The summed E-state index contributed by atoms with van der Waals surface area (Å²) < 4.78 is 31.3. The zero-order valence-electron chi connectivity index (χ0n) is 26.3. The second-order valence-corrected chi connectivity index (χ2v) is 13.1. The summed E-state index contributed by atoms with van der Waals surface area (Å²) in [6.07, 6.45) is 4.68. The van der Waals surface area contributed by atoms with Crippen molar-refractivity contribution < 1.29 is 8.78 Å². The summed E-state index contributed by atoms with van der Waals surface area (Å²) in [6.45, 7) is 8.84. The lowest BCUT2D eigenvalue weighted by Crippen LogP contribution is -2.26. The highest BCUT2D eigenvalue weighted by Gasteiger charge is 2.54. The van der Waals surface area contributed by atoms with Crippen molar-refractivity contribution in [3.63, 3.8) is 0 Å². The van der Waals surface area contributed by atoms with Gasteiger partial charge in [-0.15, -0.1) is 5.10 Å². The second kappa shape index (κ2) is 11.5. The predicted molar refractivity (Wildman–Crippen MR) is 171 cm³/mol. The van der Waals surface area contributed by atoms with E-state index < -0.39 is 18.0 Å². The number of nitrogens with one attached hydrogen (secondary N) is 2. The number of benzene rings is 2. The molecule has 1 unspecified atom stereocenters. The monoisotopic (exact) mass is 620 g/mol. The Morgan fingerprint density at radius 3 is 2.48 bits per heavy atom. The summed E-state index contributed by atoms with van der Waals surface area (Å²) in [6, 6.07) is 13.3. The maximum absolute atomic E-state index is 14.0. The molecule has 12 heteroatoms. The summed E-state index contributed by atoms with van der Waals surface area (Å²) in [5.74, 6) is 0. The number of hydrogen-bond donors (Lipinski definition) is 2. The van der Waals surface area contributed by atoms with Crippen LogP contribution in [0.25, 0.3) is 22.2 Å². The number of fused-ring (bicyclic) bond motifs is 1. The molecule has 46 heavy (non-hydrogen) atoms. The molecule has 0 radical (unpaired) electrons. The zero-order chi connectivity index (χ0) is 32.8. The predicted octanol–water partition coefficient (Wildman–Crippen LogP) is 6.69. The van der Waals surface area contributed by atoms with Gasteiger partial charge >= 0.3 is 0 Å². The van der Waals surface area contributed by atoms with Crippen LogP contribution in [0.4, 0.5) is 20.2 Å². The van der Waals surface area contributed by atoms with E-state index in [1.54, 1.807) is 24.8 Å². The van der Waals surface area contributed by atoms with Gasteiger partial charge in [0.05, 0.1) is 52.8 Å². The normalized spacial score (nSPS) is 14.6. The number of nitrogens with zero attached hydrogens (tertiary/aromatic N) is 8. The van der Waals surface area contributed by atoms with Gasteiger partial charge in [-0.1, -0.05) is 44.2 Å². The van der Waals surface area contributed by atoms with E-state index in [-0.39, 0.29) is 5.41 Å². The third-order valence-corrected chi connectivity index (χ3v) is 8.53. The molecule has 2 N–H and O–H groups in total. The van der Waals surface area contributed by atoms with Gasteiger partial charge in [-0.3, -0.25) is 4.98 Å². The van der Waals surface area contributed by atoms with Crippen molar-refractivity contribution in [3.8, 4) is 23.4 Å². The third-order valence-electron chi connectivity index (χ3n) is 8.53. The van der Waals surface area contributed by atoms with Gasteiger partial charge in [0.1, 0.15) is 23.4 Å². The van der Waals surface area contributed by atoms with E-state index in [0.29, 0.717) is 58.5 Å². The minimum atomic E-state index is -2.57. The Balaban J connectivity index is 1.51. The summed E-state index contributed by atoms with van der Waals surface area (Å²) in [5, 5.41) is 36.2. The van der Waals surface area contributed by atoms with E-state index >= 15 is 0 Å². The summed E-state index contributed by atoms with van der Waals surface area (Å²) in [4.78, 5) is 8.74. The first-order chi connectivity index (χ1) is 22.0. The highest BCUT2D eigenvalue weighted by Crippen LogP contribution is 2.48. The number of nitriles is 2. The van der Waals surface area contributed by atoms with Gasteiger partial charge in [0.15, 0.2) is 0 Å². The van der Waals surface area contributed by atoms with Crippen molar-refractivity contribution in [1.82, 2.24) is 29.5 Å². The van der Waals surface area contributed by atoms with E-state index in [1.165, 1.54) is 10.9 Å². The standard InChI is InChI=1S/C34H34F2N10/c1-20-24(28-16-39-19-45(28)5)7-6-8-25(20)31(27-17-46(44-43-27)34(9-10-34)32(35)36)42-23-11-21(13-37)29-26(12-23)30(22(14-38)15-40-29)41-18-33(2,3)4/h6-8,11-12,15-17,19,31-32,42H,9-10,18H2,1-5H3,(H,40,41). The Labute approximate surface area is 265 Å². The van der Waals surface area contributed by atoms with Crippen molar-refractivity contribution >= 4 is 22.3 Å². The maximum Gasteiger partial charge on any atom is 0.263 e. The average Bonchev–Trinajstić information content (AvgIpc) is 3.50. The lowest BCUT2D eigenvalue weighted by Gasteiger charge is -2.24. The van der Waals surface area contributed by atoms with Crippen LogP contribution in [0.15, 0.2) is 55.2 Å². The lowest BCUT2D eigenvalue weighted by molar-refractivity contribution is 0.0593. The molecule has 0 saturated heterocycles. The molecule has 1 aliphatic carbocycles. The largest absolute Gasteiger partial charge is 0.383 e. The summed E-state index contributed by atoms with van der Waals surface area (Å²) in [5.41, 5.74) is 4.99. The molecule has 6 rings (SSSR count). The molecule has 1 fully saturated rings. The van der Waals surface area contributed by atoms with Gasteiger partial charge < -0.3 is 15.2 Å². The van der Waals surface area contributed by atoms with Crippen molar-refractivity contribution in [3.05, 3.63) is 83.2 Å². The van der Waals surface area contributed by atoms with Crippen molar-refractivity contribution in [2.75, 3.05) is 17.2 Å². The molecule has 10 nitrogen and oxygen atoms in total. The zero-order valence-corrected chi connectivity index (χ0v) is 26.3. The molecular weight excluding hydrogens is 586 g/mol. The minimum absolute atomic E-state index is 0.0826. The van der Waals surface area contributed by atoms with Crippen LogP contribution in [-0.4, -0.2) is 42.5 Å². The SMILES string of the molecule is Cc1c(-c2cncn2C)cccc1C(Nc1cc(C#N)c2ncc(C#N)c(NCC(C)(C)C)c2c1)c1cn(C2(C(F)F)CC2)nn1. The molecule has 5 aromatic rings. The number of hydrogen-bond acceptors (Lipinski definition) is 8. The fourth-order valence-electron chi connectivity index (χ4n) is 5.74. The van der Waals surface area contributed by atoms with Crippen LogP contribution >= 0.6 is 0 Å². The van der Waals surface area contributed by atoms with E-state index in [1.807, 2.05) is 42.8 Å². The smallest absolute Gasteiger partial charge is 0.263 e. The number of rotatable bonds is 9. The molecule has 0 amide bonds. The highest BCUT2D eigenvalue weighted by molar-refractivity contribution is 5.99. The number of imidazole rings is 1. The molecule has 1 atom stereocenters. The van der Waals surface area contributed by atoms with E-state index in [4.69, 9.17) is 0 Å². The Bertz CT molecular complexity index is 2020. The van der Waals surface area contributed by atoms with Gasteiger partial charge in [0.25, 0.3) is 6.43 Å². The number of aromatic nitrogens is 6. The molecule has 3 heterocycles. The van der Waals surface area contributed by atoms with Crippen molar-refractivity contribution in [2.24, 2.45) is 12.5 Å². The van der Waals surface area contributed by atoms with E-state index in [0.717, 1.165) is 22.4 Å². The van der Waals surface area contributed by atoms with Crippen LogP contribution in [0.1, 0.15) is 67.6 Å². The number of pyridine rings is 1. The molecule has 0 aliphatic heterocycles. The maximum atomic E-state index is 14.0. The van der Waals surface area contributed by atoms with Gasteiger partial charge in [-0.25, -0.2) is 18.4 Å². The number of anilines is 2. The van der Waals surface area contributed by atoms with E-state index in [9.17, 15) is 19.3 Å². The Kier molecular flexibility index (Phi) is 7.69. The second-order valence-electron chi connectivity index (χ2n) is 13.1. The number of aryl methyl sites for hydroxylation is 1. The number of halogens is 2. The molecule has 2 aromatic carbocycles. The molecule has 0 bridgehead atoms. The summed E-state index contributed by atoms with van der Waals surface area (Å²) in [7, 11) is 1.92. The van der Waals surface area contributed by atoms with Gasteiger partial charge in [0.2, 0.25) is 0 Å². The number of alkyl halides is 2. The van der Waals surface area contributed by atoms with Crippen LogP contribution in [0.2, 0.25) is 0 Å². The van der Waals surface area contributed by atoms with Crippen LogP contribution in [0.3, 0.4) is 0 Å². The molecular formula is C34H34F2N10. The van der Waals surface area contributed by atoms with Crippen LogP contribution < -0.4 is 10.6 Å². The first kappa shape index (κ1) is 30.7. The molecule has 0 spiro atoms. The van der Waals surface area contributed by atoms with Gasteiger partial charge in [-0.05, 0) is 48.4 Å². The van der Waals surface area contributed by atoms with Crippen LogP contribution in [0.5, 0.6) is 0 Å². The van der Waals surface area contributed by atoms with Gasteiger partial charge in [0, 0.05) is 36.4 Å². The third kappa shape index (κ3) is 5.51. The van der Waals surface area contributed by atoms with Crippen molar-refractivity contribution in [1.29, 1.82) is 10.5 Å². The van der Waals surface area contributed by atoms with Crippen LogP contribution in [0, 0.1) is 35.0 Å². The van der Waals surface area contributed by atoms with Crippen LogP contribution in [-0.2, 0) is 12.6 Å². The topological polar surface area (TPSA) is 133 Å². The molecule has 234 valence electrons. The first-order valence-corrected chi connectivity index (χ1v) is 15.0. The average molecular weight is 621 g/mol. The fraction of sp³-hybridized carbons (Fsp3) is 0.353. The fourth-order valence-corrected chi connectivity index (χ4v) is 5.74. The Hall–Kier alpha value is -5.36. The minimum Gasteiger partial charge on any atom is -0.383 e. The molecule has 1 aliphatic rings. The van der Waals surface area contributed by atoms with Gasteiger partial charge in [-0.2, -0.15) is 10.5 Å². The first-order valence-electron chi connectivity index (χ1n) is 15.0. The lowest BCUT2D eigenvalue weighted by atomic mass is 9.93. The molecule has 1 saturated carbocycles. The molecule has 3 aromatic heterocycles.